The quantitative estimate of drug-likeness (QED) is 0.291. The molecule has 0 aromatic heterocycles. The van der Waals surface area contributed by atoms with Crippen LogP contribution in [0.4, 0.5) is 5.69 Å². The van der Waals surface area contributed by atoms with Crippen LogP contribution in [0.2, 0.25) is 0 Å². The molecule has 32 heavy (non-hydrogen) atoms. The van der Waals surface area contributed by atoms with Gasteiger partial charge in [-0.25, -0.2) is 9.79 Å². The maximum Gasteiger partial charge on any atom is 0.337 e. The summed E-state index contributed by atoms with van der Waals surface area (Å²) in [6, 6.07) is 10.3. The van der Waals surface area contributed by atoms with Crippen LogP contribution in [0.15, 0.2) is 63.4 Å². The Bertz CT molecular complexity index is 1110. The van der Waals surface area contributed by atoms with Crippen molar-refractivity contribution < 1.29 is 23.8 Å². The maximum absolute atomic E-state index is 12.8. The molecule has 166 valence electrons. The molecule has 1 aliphatic heterocycles. The van der Waals surface area contributed by atoms with Crippen LogP contribution in [0, 0.1) is 0 Å². The summed E-state index contributed by atoms with van der Waals surface area (Å²) in [7, 11) is 4.55. The largest absolute Gasteiger partial charge is 0.493 e. The number of methoxy groups -OCH3 is 2. The van der Waals surface area contributed by atoms with Gasteiger partial charge in [0.2, 0.25) is 0 Å². The number of hydrogen-bond donors (Lipinski definition) is 0. The van der Waals surface area contributed by atoms with E-state index in [1.54, 1.807) is 56.6 Å². The lowest BCUT2D eigenvalue weighted by Crippen LogP contribution is -2.23. The number of halogens is 1. The predicted molar refractivity (Wildman–Crippen MR) is 130 cm³/mol. The number of hydrogen-bond acceptors (Lipinski definition) is 7. The molecule has 0 atom stereocenters. The number of likely N-dealkylation sites (N-methyl/N-ethyl adjacent to an activating group) is 1. The Morgan fingerprint density at radius 3 is 2.59 bits per heavy atom. The van der Waals surface area contributed by atoms with Crippen LogP contribution in [-0.4, -0.2) is 49.8 Å². The lowest BCUT2D eigenvalue weighted by Gasteiger charge is -2.12. The van der Waals surface area contributed by atoms with E-state index >= 15 is 0 Å². The van der Waals surface area contributed by atoms with Crippen molar-refractivity contribution in [3.05, 3.63) is 69.6 Å². The fourth-order valence-corrected chi connectivity index (χ4v) is 4.37. The minimum atomic E-state index is -0.417. The van der Waals surface area contributed by atoms with Crippen molar-refractivity contribution in [2.24, 2.45) is 4.99 Å². The fourth-order valence-electron chi connectivity index (χ4n) is 2.81. The van der Waals surface area contributed by atoms with Crippen LogP contribution in [0.3, 0.4) is 0 Å². The Kier molecular flexibility index (Phi) is 7.76. The first kappa shape index (κ1) is 23.6. The number of amidine groups is 1. The topological polar surface area (TPSA) is 77.4 Å². The monoisotopic (exact) mass is 516 g/mol. The second-order valence-electron chi connectivity index (χ2n) is 6.54. The summed E-state index contributed by atoms with van der Waals surface area (Å²) in [5.74, 6) is 0.521. The zero-order chi connectivity index (χ0) is 23.3. The first-order chi connectivity index (χ1) is 15.4. The minimum Gasteiger partial charge on any atom is -0.493 e. The highest BCUT2D eigenvalue weighted by Gasteiger charge is 2.30. The molecule has 1 aliphatic rings. The molecule has 2 aromatic carbocycles. The van der Waals surface area contributed by atoms with Crippen LogP contribution in [0.25, 0.3) is 6.08 Å². The number of nitrogens with zero attached hydrogens (tertiary/aromatic N) is 2. The Hall–Kier alpha value is -3.04. The zero-order valence-corrected chi connectivity index (χ0v) is 20.2. The van der Waals surface area contributed by atoms with E-state index in [1.165, 1.54) is 23.8 Å². The van der Waals surface area contributed by atoms with E-state index < -0.39 is 5.97 Å². The smallest absolute Gasteiger partial charge is 0.337 e. The van der Waals surface area contributed by atoms with Crippen LogP contribution < -0.4 is 9.47 Å². The summed E-state index contributed by atoms with van der Waals surface area (Å²) < 4.78 is 16.5. The maximum atomic E-state index is 12.8. The van der Waals surface area contributed by atoms with Gasteiger partial charge in [0.15, 0.2) is 16.7 Å². The van der Waals surface area contributed by atoms with E-state index in [2.05, 4.69) is 27.5 Å². The van der Waals surface area contributed by atoms with Crippen LogP contribution >= 0.6 is 27.7 Å². The van der Waals surface area contributed by atoms with Gasteiger partial charge in [0.25, 0.3) is 5.91 Å². The number of carbonyl (C=O) groups excluding carboxylic acids is 2. The number of amides is 1. The van der Waals surface area contributed by atoms with Crippen molar-refractivity contribution in [2.45, 2.75) is 0 Å². The van der Waals surface area contributed by atoms with Gasteiger partial charge in [-0.15, -0.1) is 0 Å². The fraction of sp³-hybridized carbons (Fsp3) is 0.174. The minimum absolute atomic E-state index is 0.165. The third-order valence-corrected chi connectivity index (χ3v) is 6.06. The normalized spacial score (nSPS) is 15.9. The van der Waals surface area contributed by atoms with E-state index in [4.69, 9.17) is 14.2 Å². The molecule has 9 heteroatoms. The number of aliphatic imine (C=N–C) groups is 1. The third kappa shape index (κ3) is 5.23. The summed E-state index contributed by atoms with van der Waals surface area (Å²) in [5, 5.41) is 0.532. The Morgan fingerprint density at radius 1 is 1.25 bits per heavy atom. The van der Waals surface area contributed by atoms with Gasteiger partial charge in [-0.2, -0.15) is 0 Å². The molecule has 1 fully saturated rings. The van der Waals surface area contributed by atoms with Crippen molar-refractivity contribution in [1.29, 1.82) is 0 Å². The van der Waals surface area contributed by atoms with E-state index in [1.807, 2.05) is 6.07 Å². The first-order valence-electron chi connectivity index (χ1n) is 9.43. The van der Waals surface area contributed by atoms with E-state index in [9.17, 15) is 9.59 Å². The third-order valence-electron chi connectivity index (χ3n) is 4.41. The number of ether oxygens (including phenoxy) is 3. The number of benzene rings is 2. The van der Waals surface area contributed by atoms with Crippen molar-refractivity contribution in [3.63, 3.8) is 0 Å². The molecule has 3 rings (SSSR count). The number of rotatable bonds is 7. The van der Waals surface area contributed by atoms with Gasteiger partial charge in [-0.3, -0.25) is 9.69 Å². The van der Waals surface area contributed by atoms with Crippen molar-refractivity contribution in [2.75, 3.05) is 27.9 Å². The Balaban J connectivity index is 1.86. The summed E-state index contributed by atoms with van der Waals surface area (Å²) in [6.45, 7) is 3.99. The molecule has 0 spiro atoms. The first-order valence-corrected chi connectivity index (χ1v) is 11.0. The van der Waals surface area contributed by atoms with E-state index in [0.717, 1.165) is 5.56 Å². The van der Waals surface area contributed by atoms with Crippen LogP contribution in [-0.2, 0) is 9.53 Å². The summed E-state index contributed by atoms with van der Waals surface area (Å²) in [6.07, 6.45) is 3.42. The predicted octanol–water partition coefficient (Wildman–Crippen LogP) is 5.04. The Morgan fingerprint density at radius 2 is 1.97 bits per heavy atom. The molecule has 0 bridgehead atoms. The number of carbonyl (C=O) groups is 2. The van der Waals surface area contributed by atoms with Gasteiger partial charge in [0.1, 0.15) is 6.61 Å². The lowest BCUT2D eigenvalue weighted by atomic mass is 10.2. The molecular weight excluding hydrogens is 496 g/mol. The summed E-state index contributed by atoms with van der Waals surface area (Å²) >= 11 is 4.76. The van der Waals surface area contributed by atoms with Gasteiger partial charge < -0.3 is 14.2 Å². The van der Waals surface area contributed by atoms with Crippen molar-refractivity contribution in [3.8, 4) is 11.5 Å². The molecule has 7 nitrogen and oxygen atoms in total. The molecule has 0 radical (unpaired) electrons. The van der Waals surface area contributed by atoms with Gasteiger partial charge >= 0.3 is 5.97 Å². The second kappa shape index (κ2) is 10.5. The summed E-state index contributed by atoms with van der Waals surface area (Å²) in [4.78, 5) is 30.9. The highest BCUT2D eigenvalue weighted by Crippen LogP contribution is 2.39. The molecule has 0 aliphatic carbocycles. The lowest BCUT2D eigenvalue weighted by molar-refractivity contribution is -0.121. The van der Waals surface area contributed by atoms with Crippen LogP contribution in [0.5, 0.6) is 11.5 Å². The average Bonchev–Trinajstić information content (AvgIpc) is 3.05. The number of esters is 1. The van der Waals surface area contributed by atoms with Crippen LogP contribution in [0.1, 0.15) is 15.9 Å². The molecule has 0 saturated carbocycles. The number of thioether (sulfide) groups is 1. The van der Waals surface area contributed by atoms with Crippen molar-refractivity contribution in [1.82, 2.24) is 4.90 Å². The molecule has 1 saturated heterocycles. The SMILES string of the molecule is C=CCOc1c(Br)cc(C=C2SC(=Nc3ccc(C(=O)OC)cc3)N(C)C2=O)cc1OC. The highest BCUT2D eigenvalue weighted by molar-refractivity contribution is 9.10. The standard InChI is InChI=1S/C23H21BrN2O5S/c1-5-10-31-20-17(24)11-14(12-18(20)29-3)13-19-21(27)26(2)23(32-19)25-16-8-6-15(7-9-16)22(28)30-4/h5-9,11-13H,1,10H2,2-4H3. The highest BCUT2D eigenvalue weighted by atomic mass is 79.9. The molecule has 2 aromatic rings. The molecule has 0 N–H and O–H groups in total. The van der Waals surface area contributed by atoms with Gasteiger partial charge in [-0.1, -0.05) is 12.7 Å². The van der Waals surface area contributed by atoms with Gasteiger partial charge in [0, 0.05) is 7.05 Å². The molecule has 1 heterocycles. The summed E-state index contributed by atoms with van der Waals surface area (Å²) in [5.41, 5.74) is 1.82. The van der Waals surface area contributed by atoms with Gasteiger partial charge in [-0.05, 0) is 75.7 Å². The second-order valence-corrected chi connectivity index (χ2v) is 8.40. The molecule has 1 amide bonds. The molecule has 0 unspecified atom stereocenters. The Labute approximate surface area is 198 Å². The van der Waals surface area contributed by atoms with Crippen molar-refractivity contribution >= 4 is 56.5 Å². The van der Waals surface area contributed by atoms with Gasteiger partial charge in [0.05, 0.1) is 34.8 Å². The average molecular weight is 517 g/mol. The van der Waals surface area contributed by atoms with E-state index in [-0.39, 0.29) is 5.91 Å². The van der Waals surface area contributed by atoms with E-state index in [0.29, 0.717) is 43.9 Å². The molecular formula is C23H21BrN2O5S. The zero-order valence-electron chi connectivity index (χ0n) is 17.8.